The number of aryl methyl sites for hydroxylation is 1. The number of halogens is 1. The number of hydrogen-bond donors (Lipinski definition) is 0. The maximum Gasteiger partial charge on any atom is 0.215 e. The number of imidazole rings is 1. The number of alkyl halides is 1. The van der Waals surface area contributed by atoms with Crippen molar-refractivity contribution in [2.45, 2.75) is 44.5 Å². The molecule has 0 radical (unpaired) electrons. The first-order chi connectivity index (χ1) is 9.81. The minimum absolute atomic E-state index is 0.420. The highest BCUT2D eigenvalue weighted by atomic mass is 35.5. The Hall–Kier alpha value is -1.29. The Morgan fingerprint density at radius 1 is 1.30 bits per heavy atom. The zero-order chi connectivity index (χ0) is 13.9. The normalized spacial score (nSPS) is 16.1. The van der Waals surface area contributed by atoms with Crippen LogP contribution < -0.4 is 4.74 Å². The minimum Gasteiger partial charge on any atom is -0.481 e. The van der Waals surface area contributed by atoms with Crippen molar-refractivity contribution in [2.24, 2.45) is 5.92 Å². The van der Waals surface area contributed by atoms with Crippen molar-refractivity contribution in [1.29, 1.82) is 0 Å². The van der Waals surface area contributed by atoms with Gasteiger partial charge in [-0.25, -0.2) is 4.98 Å². The van der Waals surface area contributed by atoms with Gasteiger partial charge in [0.2, 0.25) is 5.88 Å². The number of pyridine rings is 1. The monoisotopic (exact) mass is 293 g/mol. The summed E-state index contributed by atoms with van der Waals surface area (Å²) >= 11 is 6.03. The lowest BCUT2D eigenvalue weighted by Crippen LogP contribution is -2.07. The summed E-state index contributed by atoms with van der Waals surface area (Å²) in [7, 11) is 1.63. The summed E-state index contributed by atoms with van der Waals surface area (Å²) in [5.74, 6) is 2.80. The largest absolute Gasteiger partial charge is 0.481 e. The molecule has 1 aliphatic carbocycles. The molecule has 0 amide bonds. The van der Waals surface area contributed by atoms with E-state index < -0.39 is 0 Å². The maximum atomic E-state index is 6.03. The van der Waals surface area contributed by atoms with E-state index in [1.165, 1.54) is 32.1 Å². The topological polar surface area (TPSA) is 39.9 Å². The number of ether oxygens (including phenoxy) is 1. The Morgan fingerprint density at radius 3 is 2.80 bits per heavy atom. The summed E-state index contributed by atoms with van der Waals surface area (Å²) in [5, 5.41) is 0. The molecule has 4 nitrogen and oxygen atoms in total. The van der Waals surface area contributed by atoms with Gasteiger partial charge in [-0.05, 0) is 18.4 Å². The molecule has 0 saturated heterocycles. The van der Waals surface area contributed by atoms with Gasteiger partial charge in [0.25, 0.3) is 0 Å². The fraction of sp³-hybridized carbons (Fsp3) is 0.600. The lowest BCUT2D eigenvalue weighted by atomic mass is 10.0. The van der Waals surface area contributed by atoms with Crippen LogP contribution in [0.15, 0.2) is 12.1 Å². The molecule has 0 aromatic carbocycles. The second kappa shape index (κ2) is 6.00. The molecule has 0 spiro atoms. The zero-order valence-corrected chi connectivity index (χ0v) is 12.6. The molecule has 2 aromatic rings. The maximum absolute atomic E-state index is 6.03. The van der Waals surface area contributed by atoms with E-state index in [1.807, 2.05) is 12.1 Å². The van der Waals surface area contributed by atoms with Crippen molar-refractivity contribution in [1.82, 2.24) is 14.5 Å². The van der Waals surface area contributed by atoms with Crippen LogP contribution >= 0.6 is 11.6 Å². The summed E-state index contributed by atoms with van der Waals surface area (Å²) < 4.78 is 7.37. The van der Waals surface area contributed by atoms with Gasteiger partial charge in [-0.3, -0.25) is 0 Å². The van der Waals surface area contributed by atoms with Crippen LogP contribution in [0, 0.1) is 5.92 Å². The van der Waals surface area contributed by atoms with Gasteiger partial charge in [0.15, 0.2) is 5.65 Å². The van der Waals surface area contributed by atoms with Crippen LogP contribution in [0.2, 0.25) is 0 Å². The van der Waals surface area contributed by atoms with Crippen molar-refractivity contribution in [3.8, 4) is 5.88 Å². The first kappa shape index (κ1) is 13.7. The van der Waals surface area contributed by atoms with Crippen LogP contribution in [0.1, 0.15) is 37.9 Å². The molecule has 0 atom stereocenters. The minimum atomic E-state index is 0.420. The number of fused-ring (bicyclic) bond motifs is 1. The van der Waals surface area contributed by atoms with Gasteiger partial charge < -0.3 is 9.30 Å². The molecule has 1 fully saturated rings. The third-order valence-corrected chi connectivity index (χ3v) is 4.45. The molecule has 3 rings (SSSR count). The van der Waals surface area contributed by atoms with Crippen LogP contribution in [-0.2, 0) is 12.4 Å². The van der Waals surface area contributed by atoms with Crippen molar-refractivity contribution >= 4 is 22.8 Å². The van der Waals surface area contributed by atoms with Crippen LogP contribution in [-0.4, -0.2) is 21.6 Å². The van der Waals surface area contributed by atoms with E-state index in [4.69, 9.17) is 16.3 Å². The lowest BCUT2D eigenvalue weighted by Gasteiger charge is -2.11. The fourth-order valence-corrected chi connectivity index (χ4v) is 3.30. The second-order valence-corrected chi connectivity index (χ2v) is 5.72. The van der Waals surface area contributed by atoms with Gasteiger partial charge in [-0.15, -0.1) is 11.6 Å². The van der Waals surface area contributed by atoms with Gasteiger partial charge in [-0.1, -0.05) is 25.7 Å². The van der Waals surface area contributed by atoms with E-state index >= 15 is 0 Å². The molecular weight excluding hydrogens is 274 g/mol. The summed E-state index contributed by atoms with van der Waals surface area (Å²) in [5.41, 5.74) is 1.78. The van der Waals surface area contributed by atoms with Crippen LogP contribution in [0.5, 0.6) is 5.88 Å². The van der Waals surface area contributed by atoms with Crippen LogP contribution in [0.4, 0.5) is 0 Å². The Balaban J connectivity index is 1.89. The van der Waals surface area contributed by atoms with E-state index in [-0.39, 0.29) is 0 Å². The predicted molar refractivity (Wildman–Crippen MR) is 80.2 cm³/mol. The SMILES string of the molecule is COc1ccc2nc(CCl)n(CCC3CCCC3)c2n1. The summed E-state index contributed by atoms with van der Waals surface area (Å²) in [6.07, 6.45) is 6.67. The summed E-state index contributed by atoms with van der Waals surface area (Å²) in [6, 6.07) is 3.79. The summed E-state index contributed by atoms with van der Waals surface area (Å²) in [4.78, 5) is 9.09. The van der Waals surface area contributed by atoms with Crippen molar-refractivity contribution in [2.75, 3.05) is 7.11 Å². The number of rotatable bonds is 5. The highest BCUT2D eigenvalue weighted by Crippen LogP contribution is 2.29. The molecule has 108 valence electrons. The first-order valence-corrected chi connectivity index (χ1v) is 7.81. The van der Waals surface area contributed by atoms with E-state index in [0.29, 0.717) is 11.8 Å². The van der Waals surface area contributed by atoms with Gasteiger partial charge in [-0.2, -0.15) is 4.98 Å². The quantitative estimate of drug-likeness (QED) is 0.788. The Morgan fingerprint density at radius 2 is 2.10 bits per heavy atom. The highest BCUT2D eigenvalue weighted by molar-refractivity contribution is 6.16. The third-order valence-electron chi connectivity index (χ3n) is 4.21. The Labute approximate surface area is 124 Å². The fourth-order valence-electron chi connectivity index (χ4n) is 3.09. The molecule has 0 aliphatic heterocycles. The van der Waals surface area contributed by atoms with E-state index in [1.54, 1.807) is 7.11 Å². The van der Waals surface area contributed by atoms with Gasteiger partial charge >= 0.3 is 0 Å². The lowest BCUT2D eigenvalue weighted by molar-refractivity contribution is 0.398. The second-order valence-electron chi connectivity index (χ2n) is 5.45. The smallest absolute Gasteiger partial charge is 0.215 e. The molecule has 5 heteroatoms. The zero-order valence-electron chi connectivity index (χ0n) is 11.8. The van der Waals surface area contributed by atoms with E-state index in [0.717, 1.165) is 29.5 Å². The average Bonchev–Trinajstić information content (AvgIpc) is 3.11. The number of hydrogen-bond acceptors (Lipinski definition) is 3. The molecule has 0 unspecified atom stereocenters. The standard InChI is InChI=1S/C15H20ClN3O/c1-20-14-7-6-12-15(18-14)19(13(10-16)17-12)9-8-11-4-2-3-5-11/h6-7,11H,2-5,8-10H2,1H3. The Kier molecular flexibility index (Phi) is 4.10. The molecule has 2 heterocycles. The van der Waals surface area contributed by atoms with Crippen LogP contribution in [0.25, 0.3) is 11.2 Å². The molecule has 20 heavy (non-hydrogen) atoms. The molecule has 1 saturated carbocycles. The third kappa shape index (κ3) is 2.62. The molecule has 0 bridgehead atoms. The molecular formula is C15H20ClN3O. The van der Waals surface area contributed by atoms with Crippen molar-refractivity contribution in [3.05, 3.63) is 18.0 Å². The molecule has 0 N–H and O–H groups in total. The number of aromatic nitrogens is 3. The van der Waals surface area contributed by atoms with Crippen molar-refractivity contribution < 1.29 is 4.74 Å². The van der Waals surface area contributed by atoms with Crippen LogP contribution in [0.3, 0.4) is 0 Å². The average molecular weight is 294 g/mol. The number of nitrogens with zero attached hydrogens (tertiary/aromatic N) is 3. The molecule has 2 aromatic heterocycles. The Bertz CT molecular complexity index is 590. The van der Waals surface area contributed by atoms with Gasteiger partial charge in [0.1, 0.15) is 11.3 Å². The van der Waals surface area contributed by atoms with Crippen molar-refractivity contribution in [3.63, 3.8) is 0 Å². The van der Waals surface area contributed by atoms with Gasteiger partial charge in [0.05, 0.1) is 13.0 Å². The highest BCUT2D eigenvalue weighted by Gasteiger charge is 2.17. The van der Waals surface area contributed by atoms with Gasteiger partial charge in [0, 0.05) is 12.6 Å². The summed E-state index contributed by atoms with van der Waals surface area (Å²) in [6.45, 7) is 0.948. The number of methoxy groups -OCH3 is 1. The first-order valence-electron chi connectivity index (χ1n) is 7.28. The van der Waals surface area contributed by atoms with E-state index in [9.17, 15) is 0 Å². The molecule has 1 aliphatic rings. The predicted octanol–water partition coefficient (Wildman–Crippen LogP) is 3.76. The van der Waals surface area contributed by atoms with E-state index in [2.05, 4.69) is 14.5 Å².